The number of fused-ring (bicyclic) bond motifs is 1. The predicted octanol–water partition coefficient (Wildman–Crippen LogP) is 5.36. The number of pyridine rings is 3. The number of hydrogen-bond donors (Lipinski definition) is 3. The van der Waals surface area contributed by atoms with Crippen LogP contribution in [-0.4, -0.2) is 46.2 Å². The number of aromatic nitrogens is 7. The van der Waals surface area contributed by atoms with Gasteiger partial charge in [0.25, 0.3) is 11.4 Å². The van der Waals surface area contributed by atoms with Crippen LogP contribution >= 0.6 is 0 Å². The predicted molar refractivity (Wildman–Crippen MR) is 169 cm³/mol. The quantitative estimate of drug-likeness (QED) is 0.169. The van der Waals surface area contributed by atoms with Gasteiger partial charge < -0.3 is 20.3 Å². The van der Waals surface area contributed by atoms with E-state index in [1.807, 2.05) is 48.9 Å². The van der Waals surface area contributed by atoms with E-state index in [9.17, 15) is 9.90 Å². The van der Waals surface area contributed by atoms with Crippen LogP contribution in [0.25, 0.3) is 33.9 Å². The molecule has 0 saturated heterocycles. The number of hydrogen-bond acceptors (Lipinski definition) is 10. The molecule has 0 aliphatic rings. The van der Waals surface area contributed by atoms with Crippen LogP contribution < -0.4 is 16.2 Å². The first-order chi connectivity index (χ1) is 21.5. The number of nitrogens with one attached hydrogen (secondary N) is 2. The molecule has 12 heteroatoms. The van der Waals surface area contributed by atoms with Gasteiger partial charge in [-0.15, -0.1) is 6.58 Å². The zero-order valence-electron chi connectivity index (χ0n) is 24.3. The van der Waals surface area contributed by atoms with E-state index in [2.05, 4.69) is 37.3 Å². The van der Waals surface area contributed by atoms with Crippen LogP contribution in [0.5, 0.6) is 0 Å². The number of allylic oxidation sites excluding steroid dienone is 1. The van der Waals surface area contributed by atoms with Gasteiger partial charge in [0.05, 0.1) is 35.8 Å². The van der Waals surface area contributed by atoms with Crippen molar-refractivity contribution in [2.75, 3.05) is 17.2 Å². The zero-order valence-corrected chi connectivity index (χ0v) is 24.3. The number of anilines is 3. The fraction of sp³-hybridized carbons (Fsp3) is 0.188. The van der Waals surface area contributed by atoms with Crippen LogP contribution in [0.2, 0.25) is 0 Å². The highest BCUT2D eigenvalue weighted by atomic mass is 16.5. The second-order valence-corrected chi connectivity index (χ2v) is 10.4. The first-order valence-electron chi connectivity index (χ1n) is 14.1. The van der Waals surface area contributed by atoms with Gasteiger partial charge in [0.2, 0.25) is 5.82 Å². The normalized spacial score (nSPS) is 12.0. The van der Waals surface area contributed by atoms with Crippen LogP contribution in [0.15, 0.2) is 101 Å². The summed E-state index contributed by atoms with van der Waals surface area (Å²) < 4.78 is 9.15. The number of nitrogens with zero attached hydrogens (tertiary/aromatic N) is 7. The van der Waals surface area contributed by atoms with Gasteiger partial charge in [-0.2, -0.15) is 4.98 Å². The molecule has 3 N–H and O–H groups in total. The summed E-state index contributed by atoms with van der Waals surface area (Å²) in [5.41, 5.74) is 3.26. The fourth-order valence-corrected chi connectivity index (χ4v) is 5.03. The molecule has 5 heterocycles. The maximum atomic E-state index is 13.0. The van der Waals surface area contributed by atoms with Crippen molar-refractivity contribution in [3.05, 3.63) is 108 Å². The minimum absolute atomic E-state index is 0.00374. The van der Waals surface area contributed by atoms with E-state index in [1.54, 1.807) is 59.7 Å². The molecule has 0 radical (unpaired) electrons. The maximum Gasteiger partial charge on any atom is 0.276 e. The minimum Gasteiger partial charge on any atom is -0.394 e. The molecule has 0 saturated carbocycles. The molecule has 0 bridgehead atoms. The third kappa shape index (κ3) is 5.57. The Kier molecular flexibility index (Phi) is 7.98. The van der Waals surface area contributed by atoms with Crippen molar-refractivity contribution < 1.29 is 9.63 Å². The Morgan fingerprint density at radius 2 is 1.84 bits per heavy atom. The standard InChI is InChI=1S/C32H31N9O3/c1-4-16-40-32(43)23-10-11-27(37-30(23)41(40)20(2)3)36-28-17-25(35-26(19-42)21-8-6-5-7-9-21)24(18-34-28)31-38-29(39-44-31)22-12-14-33-15-13-22/h4-15,17-18,20,26,42H,1,16,19H2,2-3H3,(H2,34,35,36,37)/t26-/m1/s1. The van der Waals surface area contributed by atoms with E-state index in [4.69, 9.17) is 9.51 Å². The summed E-state index contributed by atoms with van der Waals surface area (Å²) in [6.45, 7) is 8.00. The third-order valence-electron chi connectivity index (χ3n) is 7.08. The van der Waals surface area contributed by atoms with Crippen molar-refractivity contribution in [1.29, 1.82) is 0 Å². The number of rotatable bonds is 11. The molecule has 0 aliphatic heterocycles. The first kappa shape index (κ1) is 28.5. The second-order valence-electron chi connectivity index (χ2n) is 10.4. The topological polar surface area (TPSA) is 149 Å². The van der Waals surface area contributed by atoms with Crippen molar-refractivity contribution in [2.24, 2.45) is 0 Å². The van der Waals surface area contributed by atoms with Crippen molar-refractivity contribution in [1.82, 2.24) is 34.5 Å². The molecule has 1 atom stereocenters. The SMILES string of the molecule is C=CCn1c(=O)c2ccc(Nc3cc(N[C@H](CO)c4ccccc4)c(-c4nc(-c5ccncc5)no4)cn3)nc2n1C(C)C. The zero-order chi connectivity index (χ0) is 30.6. The summed E-state index contributed by atoms with van der Waals surface area (Å²) in [5.74, 6) is 1.65. The summed E-state index contributed by atoms with van der Waals surface area (Å²) >= 11 is 0. The van der Waals surface area contributed by atoms with Gasteiger partial charge >= 0.3 is 0 Å². The highest BCUT2D eigenvalue weighted by Gasteiger charge is 2.20. The van der Waals surface area contributed by atoms with Gasteiger partial charge in [0.1, 0.15) is 11.6 Å². The van der Waals surface area contributed by atoms with Crippen molar-refractivity contribution in [3.63, 3.8) is 0 Å². The van der Waals surface area contributed by atoms with Crippen molar-refractivity contribution in [3.8, 4) is 22.8 Å². The molecule has 0 amide bonds. The highest BCUT2D eigenvalue weighted by Crippen LogP contribution is 2.33. The van der Waals surface area contributed by atoms with Gasteiger partial charge in [0, 0.05) is 36.3 Å². The molecule has 0 aliphatic carbocycles. The van der Waals surface area contributed by atoms with Crippen LogP contribution in [-0.2, 0) is 6.54 Å². The highest BCUT2D eigenvalue weighted by molar-refractivity contribution is 5.79. The molecule has 0 fully saturated rings. The van der Waals surface area contributed by atoms with E-state index in [0.717, 1.165) is 11.1 Å². The largest absolute Gasteiger partial charge is 0.394 e. The number of aliphatic hydroxyl groups excluding tert-OH is 1. The molecule has 0 unspecified atom stereocenters. The summed E-state index contributed by atoms with van der Waals surface area (Å²) in [7, 11) is 0. The molecular formula is C32H31N9O3. The van der Waals surface area contributed by atoms with E-state index in [0.29, 0.717) is 46.3 Å². The summed E-state index contributed by atoms with van der Waals surface area (Å²) in [4.78, 5) is 31.1. The van der Waals surface area contributed by atoms with Crippen LogP contribution in [0, 0.1) is 0 Å². The molecule has 12 nitrogen and oxygen atoms in total. The molecule has 1 aromatic carbocycles. The van der Waals surface area contributed by atoms with Crippen LogP contribution in [0.4, 0.5) is 17.3 Å². The molecule has 5 aromatic heterocycles. The summed E-state index contributed by atoms with van der Waals surface area (Å²) in [6.07, 6.45) is 6.63. The summed E-state index contributed by atoms with van der Waals surface area (Å²) in [5, 5.41) is 21.6. The molecule has 222 valence electrons. The van der Waals surface area contributed by atoms with Crippen LogP contribution in [0.3, 0.4) is 0 Å². The van der Waals surface area contributed by atoms with E-state index < -0.39 is 6.04 Å². The average Bonchev–Trinajstić information content (AvgIpc) is 3.64. The molecule has 6 rings (SSSR count). The Morgan fingerprint density at radius 3 is 2.57 bits per heavy atom. The minimum atomic E-state index is -0.424. The third-order valence-corrected chi connectivity index (χ3v) is 7.08. The lowest BCUT2D eigenvalue weighted by Gasteiger charge is -2.20. The lowest BCUT2D eigenvalue weighted by atomic mass is 10.1. The number of aliphatic hydroxyl groups is 1. The Labute approximate surface area is 252 Å². The first-order valence-corrected chi connectivity index (χ1v) is 14.1. The summed E-state index contributed by atoms with van der Waals surface area (Å²) in [6, 6.07) is 18.1. The van der Waals surface area contributed by atoms with Crippen LogP contribution in [0.1, 0.15) is 31.5 Å². The Hall–Kier alpha value is -5.62. The van der Waals surface area contributed by atoms with Gasteiger partial charge in [0.15, 0.2) is 5.65 Å². The van der Waals surface area contributed by atoms with E-state index in [1.165, 1.54) is 0 Å². The van der Waals surface area contributed by atoms with Crippen molar-refractivity contribution in [2.45, 2.75) is 32.5 Å². The van der Waals surface area contributed by atoms with E-state index >= 15 is 0 Å². The second kappa shape index (κ2) is 12.3. The Morgan fingerprint density at radius 1 is 1.05 bits per heavy atom. The lowest BCUT2D eigenvalue weighted by molar-refractivity contribution is 0.276. The Balaban J connectivity index is 1.39. The Bertz CT molecular complexity index is 1960. The molecular weight excluding hydrogens is 558 g/mol. The van der Waals surface area contributed by atoms with E-state index in [-0.39, 0.29) is 24.1 Å². The smallest absolute Gasteiger partial charge is 0.276 e. The fourth-order valence-electron chi connectivity index (χ4n) is 5.03. The van der Waals surface area contributed by atoms with Gasteiger partial charge in [-0.3, -0.25) is 14.5 Å². The molecule has 44 heavy (non-hydrogen) atoms. The van der Waals surface area contributed by atoms with Gasteiger partial charge in [-0.1, -0.05) is 41.6 Å². The number of benzene rings is 1. The average molecular weight is 590 g/mol. The van der Waals surface area contributed by atoms with Gasteiger partial charge in [-0.05, 0) is 43.7 Å². The van der Waals surface area contributed by atoms with Crippen molar-refractivity contribution >= 4 is 28.4 Å². The van der Waals surface area contributed by atoms with Gasteiger partial charge in [-0.25, -0.2) is 14.6 Å². The molecule has 6 aromatic rings. The lowest BCUT2D eigenvalue weighted by Crippen LogP contribution is -2.23. The monoisotopic (exact) mass is 589 g/mol. The molecule has 0 spiro atoms. The maximum absolute atomic E-state index is 13.0.